The van der Waals surface area contributed by atoms with Crippen molar-refractivity contribution in [3.8, 4) is 0 Å². The van der Waals surface area contributed by atoms with Gasteiger partial charge in [-0.15, -0.1) is 0 Å². The van der Waals surface area contributed by atoms with Gasteiger partial charge in [0.05, 0.1) is 0 Å². The zero-order chi connectivity index (χ0) is 12.0. The average molecular weight is 224 g/mol. The van der Waals surface area contributed by atoms with Crippen molar-refractivity contribution in [2.24, 2.45) is 17.3 Å². The van der Waals surface area contributed by atoms with Gasteiger partial charge < -0.3 is 0 Å². The molecule has 0 bridgehead atoms. The predicted octanol–water partition coefficient (Wildman–Crippen LogP) is 5.81. The van der Waals surface area contributed by atoms with E-state index in [2.05, 4.69) is 27.7 Å². The molecule has 1 aliphatic carbocycles. The van der Waals surface area contributed by atoms with Crippen LogP contribution in [0.4, 0.5) is 0 Å². The molecule has 0 heteroatoms. The van der Waals surface area contributed by atoms with Crippen LogP contribution < -0.4 is 0 Å². The summed E-state index contributed by atoms with van der Waals surface area (Å²) in [6.45, 7) is 9.66. The van der Waals surface area contributed by atoms with Crippen LogP contribution in [-0.4, -0.2) is 0 Å². The van der Waals surface area contributed by atoms with Crippen LogP contribution in [0.1, 0.15) is 85.5 Å². The maximum absolute atomic E-state index is 2.57. The van der Waals surface area contributed by atoms with E-state index < -0.39 is 0 Å². The monoisotopic (exact) mass is 224 g/mol. The van der Waals surface area contributed by atoms with E-state index in [4.69, 9.17) is 0 Å². The minimum Gasteiger partial charge on any atom is -0.0654 e. The molecule has 3 unspecified atom stereocenters. The van der Waals surface area contributed by atoms with E-state index >= 15 is 0 Å². The van der Waals surface area contributed by atoms with Crippen molar-refractivity contribution in [1.29, 1.82) is 0 Å². The first-order valence-corrected chi connectivity index (χ1v) is 7.66. The molecule has 16 heavy (non-hydrogen) atoms. The molecule has 1 rings (SSSR count). The van der Waals surface area contributed by atoms with Crippen LogP contribution in [0.15, 0.2) is 0 Å². The Labute approximate surface area is 103 Å². The molecule has 0 aromatic carbocycles. The van der Waals surface area contributed by atoms with E-state index in [1.54, 1.807) is 0 Å². The summed E-state index contributed by atoms with van der Waals surface area (Å²) in [5.41, 5.74) is 0.659. The van der Waals surface area contributed by atoms with Gasteiger partial charge in [-0.05, 0) is 42.9 Å². The third kappa shape index (κ3) is 3.50. The summed E-state index contributed by atoms with van der Waals surface area (Å²) in [6.07, 6.45) is 13.1. The summed E-state index contributed by atoms with van der Waals surface area (Å²) in [5.74, 6) is 2.03. The highest BCUT2D eigenvalue weighted by atomic mass is 14.4. The molecule has 96 valence electrons. The normalized spacial score (nSPS) is 36.0. The lowest BCUT2D eigenvalue weighted by Gasteiger charge is -2.36. The molecule has 0 radical (unpaired) electrons. The maximum atomic E-state index is 2.57. The van der Waals surface area contributed by atoms with Gasteiger partial charge in [-0.2, -0.15) is 0 Å². The second-order valence-corrected chi connectivity index (χ2v) is 6.28. The summed E-state index contributed by atoms with van der Waals surface area (Å²) in [6, 6.07) is 0. The SMILES string of the molecule is CCCC1CCC(CC)C(C)(CCC)CC1. The Balaban J connectivity index is 2.62. The topological polar surface area (TPSA) is 0 Å². The van der Waals surface area contributed by atoms with E-state index in [0.29, 0.717) is 5.41 Å². The average Bonchev–Trinajstić information content (AvgIpc) is 2.40. The Hall–Kier alpha value is 0. The van der Waals surface area contributed by atoms with Gasteiger partial charge in [-0.25, -0.2) is 0 Å². The predicted molar refractivity (Wildman–Crippen MR) is 73.7 cm³/mol. The Bertz CT molecular complexity index is 184. The van der Waals surface area contributed by atoms with Crippen LogP contribution in [0.25, 0.3) is 0 Å². The first-order valence-electron chi connectivity index (χ1n) is 7.66. The molecular formula is C16H32. The van der Waals surface area contributed by atoms with Gasteiger partial charge in [0.15, 0.2) is 0 Å². The Morgan fingerprint density at radius 1 is 1.00 bits per heavy atom. The summed E-state index contributed by atoms with van der Waals surface area (Å²) >= 11 is 0. The van der Waals surface area contributed by atoms with Crippen LogP contribution in [0, 0.1) is 17.3 Å². The van der Waals surface area contributed by atoms with Crippen LogP contribution in [-0.2, 0) is 0 Å². The fourth-order valence-corrected chi connectivity index (χ4v) is 3.96. The number of rotatable bonds is 5. The Morgan fingerprint density at radius 3 is 2.31 bits per heavy atom. The lowest BCUT2D eigenvalue weighted by Crippen LogP contribution is -2.25. The molecule has 1 fully saturated rings. The number of hydrogen-bond donors (Lipinski definition) is 0. The summed E-state index contributed by atoms with van der Waals surface area (Å²) < 4.78 is 0. The molecule has 0 nitrogen and oxygen atoms in total. The highest BCUT2D eigenvalue weighted by Crippen LogP contribution is 2.46. The molecular weight excluding hydrogens is 192 g/mol. The molecule has 1 aliphatic rings. The zero-order valence-electron chi connectivity index (χ0n) is 12.0. The summed E-state index contributed by atoms with van der Waals surface area (Å²) in [7, 11) is 0. The van der Waals surface area contributed by atoms with Crippen LogP contribution >= 0.6 is 0 Å². The summed E-state index contributed by atoms with van der Waals surface area (Å²) in [5, 5.41) is 0. The van der Waals surface area contributed by atoms with E-state index in [9.17, 15) is 0 Å². The third-order valence-electron chi connectivity index (χ3n) is 5.04. The molecule has 0 aromatic heterocycles. The largest absolute Gasteiger partial charge is 0.0654 e. The Morgan fingerprint density at radius 2 is 1.75 bits per heavy atom. The number of hydrogen-bond acceptors (Lipinski definition) is 0. The fourth-order valence-electron chi connectivity index (χ4n) is 3.96. The van der Waals surface area contributed by atoms with Gasteiger partial charge in [0.2, 0.25) is 0 Å². The molecule has 0 N–H and O–H groups in total. The zero-order valence-corrected chi connectivity index (χ0v) is 12.0. The maximum Gasteiger partial charge on any atom is -0.0298 e. The van der Waals surface area contributed by atoms with Gasteiger partial charge in [-0.3, -0.25) is 0 Å². The Kier molecular flexibility index (Phi) is 5.86. The van der Waals surface area contributed by atoms with Gasteiger partial charge in [0.1, 0.15) is 0 Å². The smallest absolute Gasteiger partial charge is 0.0298 e. The summed E-state index contributed by atoms with van der Waals surface area (Å²) in [4.78, 5) is 0. The second kappa shape index (κ2) is 6.67. The molecule has 0 aromatic rings. The molecule has 0 spiro atoms. The minimum atomic E-state index is 0.659. The van der Waals surface area contributed by atoms with Gasteiger partial charge in [0.25, 0.3) is 0 Å². The second-order valence-electron chi connectivity index (χ2n) is 6.28. The van der Waals surface area contributed by atoms with E-state index in [0.717, 1.165) is 11.8 Å². The van der Waals surface area contributed by atoms with E-state index in [-0.39, 0.29) is 0 Å². The van der Waals surface area contributed by atoms with Crippen LogP contribution in [0.3, 0.4) is 0 Å². The van der Waals surface area contributed by atoms with E-state index in [1.807, 2.05) is 0 Å². The van der Waals surface area contributed by atoms with Crippen molar-refractivity contribution in [2.45, 2.75) is 85.5 Å². The highest BCUT2D eigenvalue weighted by Gasteiger charge is 2.35. The van der Waals surface area contributed by atoms with Crippen molar-refractivity contribution in [1.82, 2.24) is 0 Å². The lowest BCUT2D eigenvalue weighted by molar-refractivity contribution is 0.147. The highest BCUT2D eigenvalue weighted by molar-refractivity contribution is 4.86. The van der Waals surface area contributed by atoms with Gasteiger partial charge in [0, 0.05) is 0 Å². The lowest BCUT2D eigenvalue weighted by atomic mass is 9.69. The van der Waals surface area contributed by atoms with Crippen LogP contribution in [0.2, 0.25) is 0 Å². The molecule has 0 saturated heterocycles. The van der Waals surface area contributed by atoms with Crippen molar-refractivity contribution >= 4 is 0 Å². The van der Waals surface area contributed by atoms with E-state index in [1.165, 1.54) is 57.8 Å². The van der Waals surface area contributed by atoms with Gasteiger partial charge >= 0.3 is 0 Å². The van der Waals surface area contributed by atoms with Crippen molar-refractivity contribution in [2.75, 3.05) is 0 Å². The molecule has 3 atom stereocenters. The molecule has 0 heterocycles. The first-order chi connectivity index (χ1) is 7.66. The molecule has 0 aliphatic heterocycles. The molecule has 1 saturated carbocycles. The quantitative estimate of drug-likeness (QED) is 0.517. The van der Waals surface area contributed by atoms with Crippen molar-refractivity contribution in [3.05, 3.63) is 0 Å². The third-order valence-corrected chi connectivity index (χ3v) is 5.04. The fraction of sp³-hybridized carbons (Fsp3) is 1.00. The van der Waals surface area contributed by atoms with Crippen molar-refractivity contribution < 1.29 is 0 Å². The first kappa shape index (κ1) is 14.1. The molecule has 0 amide bonds. The van der Waals surface area contributed by atoms with Crippen LogP contribution in [0.5, 0.6) is 0 Å². The van der Waals surface area contributed by atoms with Gasteiger partial charge in [-0.1, -0.05) is 59.8 Å². The standard InChI is InChI=1S/C16H32/c1-5-8-14-9-10-15(7-3)16(4,12-6-2)13-11-14/h14-15H,5-13H2,1-4H3. The van der Waals surface area contributed by atoms with Crippen molar-refractivity contribution in [3.63, 3.8) is 0 Å². The minimum absolute atomic E-state index is 0.659.